The molecule has 0 unspecified atom stereocenters. The molecule has 0 aromatic carbocycles. The topological polar surface area (TPSA) is 0 Å². The summed E-state index contributed by atoms with van der Waals surface area (Å²) in [5.74, 6) is 0. The standard InChI is InChI=1S/C24H54P4/c1-7-13-25(14-8-2)19-22-28(23-20-26(15-9-3)16-10-4)24-21-27(17-11-5)18-12-6/h7-24H2,1-6H3. The van der Waals surface area contributed by atoms with E-state index in [9.17, 15) is 0 Å². The van der Waals surface area contributed by atoms with E-state index in [1.807, 2.05) is 0 Å². The van der Waals surface area contributed by atoms with Crippen LogP contribution in [0, 0.1) is 0 Å². The molecule has 0 aliphatic heterocycles. The largest absolute Gasteiger partial charge is 0.106 e. The van der Waals surface area contributed by atoms with Gasteiger partial charge in [-0.1, -0.05) is 80.1 Å². The maximum absolute atomic E-state index is 2.40. The van der Waals surface area contributed by atoms with Gasteiger partial charge in [0.15, 0.2) is 0 Å². The number of hydrogen-bond donors (Lipinski definition) is 0. The molecule has 0 fully saturated rings. The minimum Gasteiger partial charge on any atom is -0.106 e. The Hall–Kier alpha value is 1.72. The zero-order valence-corrected chi connectivity index (χ0v) is 24.1. The predicted octanol–water partition coefficient (Wildman–Crippen LogP) is 9.37. The van der Waals surface area contributed by atoms with Gasteiger partial charge in [0.25, 0.3) is 0 Å². The van der Waals surface area contributed by atoms with Crippen molar-refractivity contribution in [3.63, 3.8) is 0 Å². The fourth-order valence-corrected chi connectivity index (χ4v) is 17.4. The highest BCUT2D eigenvalue weighted by atomic mass is 31.1. The SMILES string of the molecule is CCCP(CCC)CCP(CCP(CCC)CCC)CCP(CCC)CCC. The van der Waals surface area contributed by atoms with Crippen LogP contribution >= 0.6 is 31.7 Å². The smallest absolute Gasteiger partial charge is 0.0286 e. The summed E-state index contributed by atoms with van der Waals surface area (Å²) in [5, 5.41) is 0. The fourth-order valence-electron chi connectivity index (χ4n) is 4.09. The molecule has 0 aliphatic carbocycles. The van der Waals surface area contributed by atoms with Gasteiger partial charge in [0.1, 0.15) is 0 Å². The normalized spacial score (nSPS) is 12.2. The van der Waals surface area contributed by atoms with Crippen molar-refractivity contribution in [1.29, 1.82) is 0 Å². The third-order valence-corrected chi connectivity index (χ3v) is 18.1. The third kappa shape index (κ3) is 16.4. The Kier molecular flexibility index (Phi) is 23.3. The van der Waals surface area contributed by atoms with Crippen molar-refractivity contribution in [2.75, 3.05) is 73.9 Å². The van der Waals surface area contributed by atoms with Crippen molar-refractivity contribution in [1.82, 2.24) is 0 Å². The number of hydrogen-bond acceptors (Lipinski definition) is 0. The van der Waals surface area contributed by atoms with Crippen LogP contribution in [0.4, 0.5) is 0 Å². The minimum atomic E-state index is 0.326. The monoisotopic (exact) mass is 466 g/mol. The Morgan fingerprint density at radius 3 is 0.536 bits per heavy atom. The highest BCUT2D eigenvalue weighted by Gasteiger charge is 2.16. The zero-order valence-electron chi connectivity index (χ0n) is 20.5. The van der Waals surface area contributed by atoms with E-state index in [0.717, 1.165) is 0 Å². The van der Waals surface area contributed by atoms with Crippen LogP contribution < -0.4 is 0 Å². The van der Waals surface area contributed by atoms with Crippen molar-refractivity contribution < 1.29 is 0 Å². The van der Waals surface area contributed by atoms with Crippen molar-refractivity contribution in [3.05, 3.63) is 0 Å². The zero-order chi connectivity index (χ0) is 21.0. The van der Waals surface area contributed by atoms with E-state index in [4.69, 9.17) is 0 Å². The summed E-state index contributed by atoms with van der Waals surface area (Å²) < 4.78 is 0. The van der Waals surface area contributed by atoms with Crippen LogP contribution in [-0.4, -0.2) is 73.9 Å². The quantitative estimate of drug-likeness (QED) is 0.148. The van der Waals surface area contributed by atoms with Crippen LogP contribution in [0.25, 0.3) is 0 Å². The molecule has 4 heteroatoms. The molecular formula is C24H54P4. The van der Waals surface area contributed by atoms with Crippen LogP contribution in [0.1, 0.15) is 80.1 Å². The Morgan fingerprint density at radius 1 is 0.250 bits per heavy atom. The van der Waals surface area contributed by atoms with E-state index in [1.165, 1.54) is 38.5 Å². The lowest BCUT2D eigenvalue weighted by atomic mass is 10.6. The van der Waals surface area contributed by atoms with Crippen LogP contribution in [0.5, 0.6) is 0 Å². The summed E-state index contributed by atoms with van der Waals surface area (Å²) in [6, 6.07) is 0. The lowest BCUT2D eigenvalue weighted by molar-refractivity contribution is 1.04. The molecule has 0 amide bonds. The third-order valence-electron chi connectivity index (χ3n) is 5.44. The van der Waals surface area contributed by atoms with Crippen molar-refractivity contribution in [2.24, 2.45) is 0 Å². The van der Waals surface area contributed by atoms with Crippen molar-refractivity contribution in [3.8, 4) is 0 Å². The molecule has 0 spiro atoms. The summed E-state index contributed by atoms with van der Waals surface area (Å²) >= 11 is 0. The van der Waals surface area contributed by atoms with E-state index in [-0.39, 0.29) is 0 Å². The second-order valence-electron chi connectivity index (χ2n) is 8.37. The lowest BCUT2D eigenvalue weighted by Gasteiger charge is -2.26. The minimum absolute atomic E-state index is 0.326. The average Bonchev–Trinajstić information content (AvgIpc) is 2.68. The van der Waals surface area contributed by atoms with Gasteiger partial charge in [-0.25, -0.2) is 0 Å². The molecule has 0 atom stereocenters. The van der Waals surface area contributed by atoms with Gasteiger partial charge in [-0.15, -0.1) is 31.7 Å². The Morgan fingerprint density at radius 2 is 0.393 bits per heavy atom. The number of rotatable bonds is 21. The first kappa shape index (κ1) is 29.7. The summed E-state index contributed by atoms with van der Waals surface area (Å²) in [7, 11) is 1.39. The molecule has 0 aromatic heterocycles. The molecule has 0 nitrogen and oxygen atoms in total. The summed E-state index contributed by atoms with van der Waals surface area (Å²) in [5.41, 5.74) is 0. The highest BCUT2D eigenvalue weighted by molar-refractivity contribution is 7.64. The van der Waals surface area contributed by atoms with E-state index in [2.05, 4.69) is 41.5 Å². The second-order valence-corrected chi connectivity index (χ2v) is 19.1. The van der Waals surface area contributed by atoms with Gasteiger partial charge in [0.2, 0.25) is 0 Å². The van der Waals surface area contributed by atoms with Gasteiger partial charge >= 0.3 is 0 Å². The second kappa shape index (κ2) is 21.9. The summed E-state index contributed by atoms with van der Waals surface area (Å²) in [4.78, 5) is 0. The van der Waals surface area contributed by atoms with Crippen molar-refractivity contribution >= 4 is 31.7 Å². The highest BCUT2D eigenvalue weighted by Crippen LogP contribution is 2.49. The molecule has 0 rings (SSSR count). The Bertz CT molecular complexity index is 245. The molecule has 170 valence electrons. The van der Waals surface area contributed by atoms with Gasteiger partial charge in [-0.05, 0) is 73.9 Å². The van der Waals surface area contributed by atoms with Crippen LogP contribution in [0.2, 0.25) is 0 Å². The molecule has 0 heterocycles. The predicted molar refractivity (Wildman–Crippen MR) is 148 cm³/mol. The van der Waals surface area contributed by atoms with E-state index >= 15 is 0 Å². The van der Waals surface area contributed by atoms with E-state index in [1.54, 1.807) is 73.9 Å². The fraction of sp³-hybridized carbons (Fsp3) is 1.00. The van der Waals surface area contributed by atoms with Crippen LogP contribution in [-0.2, 0) is 0 Å². The lowest BCUT2D eigenvalue weighted by Crippen LogP contribution is -2.08. The maximum atomic E-state index is 2.40. The molecule has 0 saturated heterocycles. The Balaban J connectivity index is 4.72. The maximum Gasteiger partial charge on any atom is -0.0286 e. The van der Waals surface area contributed by atoms with Crippen LogP contribution in [0.3, 0.4) is 0 Å². The Labute approximate surface area is 185 Å². The molecule has 0 bridgehead atoms. The molecule has 0 N–H and O–H groups in total. The first-order chi connectivity index (χ1) is 13.6. The van der Waals surface area contributed by atoms with Crippen molar-refractivity contribution in [2.45, 2.75) is 80.1 Å². The summed E-state index contributed by atoms with van der Waals surface area (Å²) in [6.07, 6.45) is 27.5. The first-order valence-corrected chi connectivity index (χ1v) is 20.1. The van der Waals surface area contributed by atoms with Gasteiger partial charge < -0.3 is 0 Å². The molecule has 0 saturated carbocycles. The van der Waals surface area contributed by atoms with Gasteiger partial charge in [0.05, 0.1) is 0 Å². The molecule has 28 heavy (non-hydrogen) atoms. The molecule has 0 aromatic rings. The molecule has 0 radical (unpaired) electrons. The molecular weight excluding hydrogens is 412 g/mol. The average molecular weight is 467 g/mol. The van der Waals surface area contributed by atoms with Crippen LogP contribution in [0.15, 0.2) is 0 Å². The van der Waals surface area contributed by atoms with Gasteiger partial charge in [-0.3, -0.25) is 0 Å². The van der Waals surface area contributed by atoms with Gasteiger partial charge in [-0.2, -0.15) is 0 Å². The van der Waals surface area contributed by atoms with E-state index < -0.39 is 0 Å². The molecule has 0 aliphatic rings. The van der Waals surface area contributed by atoms with E-state index in [0.29, 0.717) is 31.7 Å². The summed E-state index contributed by atoms with van der Waals surface area (Å²) in [6.45, 7) is 14.4. The first-order valence-electron chi connectivity index (χ1n) is 12.5. The van der Waals surface area contributed by atoms with Gasteiger partial charge in [0, 0.05) is 0 Å².